The van der Waals surface area contributed by atoms with Gasteiger partial charge in [0.1, 0.15) is 4.90 Å². The van der Waals surface area contributed by atoms with Gasteiger partial charge in [0.05, 0.1) is 12.1 Å². The summed E-state index contributed by atoms with van der Waals surface area (Å²) in [6, 6.07) is 4.40. The number of hydrogen-bond acceptors (Lipinski definition) is 4. The van der Waals surface area contributed by atoms with Gasteiger partial charge in [-0.2, -0.15) is 0 Å². The Bertz CT molecular complexity index is 882. The van der Waals surface area contributed by atoms with E-state index in [-0.39, 0.29) is 32.8 Å². The lowest BCUT2D eigenvalue weighted by Gasteiger charge is -2.59. The molecule has 1 unspecified atom stereocenters. The summed E-state index contributed by atoms with van der Waals surface area (Å²) in [6.07, 6.45) is 7.64. The molecule has 1 aromatic rings. The number of carbonyl (C=O) groups is 1. The van der Waals surface area contributed by atoms with Crippen LogP contribution >= 0.6 is 11.6 Å². The Morgan fingerprint density at radius 1 is 1.21 bits per heavy atom. The largest absolute Gasteiger partial charge is 0.349 e. The van der Waals surface area contributed by atoms with Crippen molar-refractivity contribution in [3.8, 4) is 0 Å². The normalized spacial score (nSPS) is 31.8. The minimum atomic E-state index is -3.94. The van der Waals surface area contributed by atoms with E-state index in [1.165, 1.54) is 64.8 Å². The topological polar surface area (TPSA) is 75.7 Å². The van der Waals surface area contributed by atoms with E-state index >= 15 is 0 Å². The van der Waals surface area contributed by atoms with Gasteiger partial charge in [-0.3, -0.25) is 9.63 Å². The number of sulfonamides is 1. The summed E-state index contributed by atoms with van der Waals surface area (Å²) in [5, 5.41) is 3.23. The van der Waals surface area contributed by atoms with Gasteiger partial charge in [0, 0.05) is 18.7 Å². The van der Waals surface area contributed by atoms with E-state index in [0.717, 1.165) is 22.2 Å². The van der Waals surface area contributed by atoms with Crippen LogP contribution in [0.1, 0.15) is 55.8 Å². The Balaban J connectivity index is 1.54. The average Bonchev–Trinajstić information content (AvgIpc) is 2.66. The molecular formula is C21H29ClN2O4S. The summed E-state index contributed by atoms with van der Waals surface area (Å²) in [5.74, 6) is 2.15. The average molecular weight is 441 g/mol. The molecule has 0 radical (unpaired) electrons. The predicted molar refractivity (Wildman–Crippen MR) is 111 cm³/mol. The van der Waals surface area contributed by atoms with E-state index in [9.17, 15) is 13.2 Å². The van der Waals surface area contributed by atoms with Gasteiger partial charge < -0.3 is 5.32 Å². The van der Waals surface area contributed by atoms with Crippen molar-refractivity contribution in [2.75, 3.05) is 14.2 Å². The highest BCUT2D eigenvalue weighted by Crippen LogP contribution is 2.61. The lowest BCUT2D eigenvalue weighted by atomic mass is 9.48. The van der Waals surface area contributed by atoms with Crippen LogP contribution in [0.4, 0.5) is 0 Å². The zero-order valence-electron chi connectivity index (χ0n) is 17.2. The van der Waals surface area contributed by atoms with E-state index in [1.54, 1.807) is 6.07 Å². The monoisotopic (exact) mass is 440 g/mol. The molecule has 0 aromatic heterocycles. The van der Waals surface area contributed by atoms with Crippen LogP contribution in [0, 0.1) is 23.2 Å². The molecule has 5 rings (SSSR count). The minimum Gasteiger partial charge on any atom is -0.349 e. The van der Waals surface area contributed by atoms with Crippen LogP contribution in [0.5, 0.6) is 0 Å². The first-order chi connectivity index (χ1) is 13.6. The van der Waals surface area contributed by atoms with Crippen LogP contribution in [0.3, 0.4) is 0 Å². The molecular weight excluding hydrogens is 412 g/mol. The zero-order valence-corrected chi connectivity index (χ0v) is 18.7. The molecule has 4 aliphatic carbocycles. The molecule has 0 heterocycles. The van der Waals surface area contributed by atoms with Crippen molar-refractivity contribution in [3.63, 3.8) is 0 Å². The fourth-order valence-electron chi connectivity index (χ4n) is 6.22. The molecule has 4 fully saturated rings. The van der Waals surface area contributed by atoms with E-state index in [1.807, 2.05) is 0 Å². The molecule has 4 bridgehead atoms. The summed E-state index contributed by atoms with van der Waals surface area (Å²) in [5.41, 5.74) is 0.469. The molecule has 4 saturated carbocycles. The van der Waals surface area contributed by atoms with Crippen molar-refractivity contribution < 1.29 is 18.0 Å². The number of benzene rings is 1. The van der Waals surface area contributed by atoms with Gasteiger partial charge in [-0.05, 0) is 86.8 Å². The second-order valence-corrected chi connectivity index (χ2v) is 11.5. The van der Waals surface area contributed by atoms with Gasteiger partial charge in [-0.15, -0.1) is 0 Å². The van der Waals surface area contributed by atoms with Crippen molar-refractivity contribution in [2.24, 2.45) is 23.2 Å². The summed E-state index contributed by atoms with van der Waals surface area (Å²) >= 11 is 6.11. The van der Waals surface area contributed by atoms with Crippen LogP contribution in [0.25, 0.3) is 0 Å². The lowest BCUT2D eigenvalue weighted by molar-refractivity contribution is -0.0688. The van der Waals surface area contributed by atoms with Crippen LogP contribution in [0.2, 0.25) is 5.02 Å². The smallest absolute Gasteiger partial charge is 0.266 e. The molecule has 4 aliphatic rings. The third-order valence-corrected chi connectivity index (χ3v) is 9.58. The number of rotatable bonds is 6. The van der Waals surface area contributed by atoms with Crippen LogP contribution in [0.15, 0.2) is 23.1 Å². The summed E-state index contributed by atoms with van der Waals surface area (Å²) in [4.78, 5) is 17.7. The highest BCUT2D eigenvalue weighted by molar-refractivity contribution is 7.89. The summed E-state index contributed by atoms with van der Waals surface area (Å²) in [7, 11) is -1.40. The first kappa shape index (κ1) is 21.1. The molecule has 6 nitrogen and oxygen atoms in total. The number of nitrogens with one attached hydrogen (secondary N) is 1. The summed E-state index contributed by atoms with van der Waals surface area (Å²) < 4.78 is 25.9. The Morgan fingerprint density at radius 2 is 1.76 bits per heavy atom. The van der Waals surface area contributed by atoms with Crippen LogP contribution in [-0.2, 0) is 14.9 Å². The Morgan fingerprint density at radius 3 is 2.28 bits per heavy atom. The number of nitrogens with zero attached hydrogens (tertiary/aromatic N) is 1. The fourth-order valence-corrected chi connectivity index (χ4v) is 7.69. The van der Waals surface area contributed by atoms with Crippen LogP contribution in [-0.4, -0.2) is 39.0 Å². The Hall–Kier alpha value is -1.15. The molecule has 160 valence electrons. The zero-order chi connectivity index (χ0) is 21.0. The number of hydrogen-bond donors (Lipinski definition) is 1. The standard InChI is InChI=1S/C21H29ClN2O4S/c1-13(21-10-14-6-15(11-21)8-16(7-14)12-21)23-20(25)17-4-5-18(22)19(9-17)29(26,27)24(2)28-3/h4-5,9,13-16H,6-8,10-12H2,1-3H3,(H,23,25). The highest BCUT2D eigenvalue weighted by Gasteiger charge is 2.53. The second kappa shape index (κ2) is 7.52. The van der Waals surface area contributed by atoms with Crippen molar-refractivity contribution in [2.45, 2.75) is 56.4 Å². The van der Waals surface area contributed by atoms with Gasteiger partial charge in [0.15, 0.2) is 0 Å². The number of carbonyl (C=O) groups excluding carboxylic acids is 1. The molecule has 1 N–H and O–H groups in total. The number of hydroxylamine groups is 1. The van der Waals surface area contributed by atoms with Crippen molar-refractivity contribution >= 4 is 27.5 Å². The molecule has 0 aliphatic heterocycles. The van der Waals surface area contributed by atoms with E-state index in [0.29, 0.717) is 0 Å². The highest BCUT2D eigenvalue weighted by atomic mass is 35.5. The van der Waals surface area contributed by atoms with E-state index in [4.69, 9.17) is 16.4 Å². The quantitative estimate of drug-likeness (QED) is 0.681. The molecule has 1 aromatic carbocycles. The third kappa shape index (κ3) is 3.71. The van der Waals surface area contributed by atoms with Gasteiger partial charge in [0.25, 0.3) is 15.9 Å². The van der Waals surface area contributed by atoms with Gasteiger partial charge in [0.2, 0.25) is 0 Å². The lowest BCUT2D eigenvalue weighted by Crippen LogP contribution is -2.55. The van der Waals surface area contributed by atoms with Gasteiger partial charge in [-0.25, -0.2) is 8.42 Å². The molecule has 29 heavy (non-hydrogen) atoms. The molecule has 1 amide bonds. The fraction of sp³-hybridized carbons (Fsp3) is 0.667. The van der Waals surface area contributed by atoms with Crippen molar-refractivity contribution in [1.82, 2.24) is 9.79 Å². The molecule has 1 atom stereocenters. The van der Waals surface area contributed by atoms with Crippen molar-refractivity contribution in [3.05, 3.63) is 28.8 Å². The van der Waals surface area contributed by atoms with Crippen LogP contribution < -0.4 is 5.32 Å². The summed E-state index contributed by atoms with van der Waals surface area (Å²) in [6.45, 7) is 2.11. The maximum absolute atomic E-state index is 13.0. The number of halogens is 1. The molecule has 8 heteroatoms. The third-order valence-electron chi connectivity index (χ3n) is 7.42. The first-order valence-corrected chi connectivity index (χ1v) is 12.1. The molecule has 0 spiro atoms. The first-order valence-electron chi connectivity index (χ1n) is 10.3. The van der Waals surface area contributed by atoms with E-state index in [2.05, 4.69) is 12.2 Å². The van der Waals surface area contributed by atoms with Gasteiger partial charge >= 0.3 is 0 Å². The minimum absolute atomic E-state index is 0.0552. The second-order valence-electron chi connectivity index (χ2n) is 9.22. The Kier molecular flexibility index (Phi) is 5.47. The van der Waals surface area contributed by atoms with Gasteiger partial charge in [-0.1, -0.05) is 16.1 Å². The van der Waals surface area contributed by atoms with Crippen molar-refractivity contribution in [1.29, 1.82) is 0 Å². The Labute approximate surface area is 177 Å². The molecule has 0 saturated heterocycles. The van der Waals surface area contributed by atoms with E-state index < -0.39 is 10.0 Å². The maximum Gasteiger partial charge on any atom is 0.266 e. The SMILES string of the molecule is CON(C)S(=O)(=O)c1cc(C(=O)NC(C)C23CC4CC(CC(C4)C2)C3)ccc1Cl. The predicted octanol–water partition coefficient (Wildman–Crippen LogP) is 3.86. The number of amides is 1. The maximum atomic E-state index is 13.0.